The standard InChI is InChI=1S/C20H19N5OS/c1-12(2)15-5-3-4-6-16(15)22-19(26)17-9-14(11-27-17)13-7-8-18-23-20(21)24-25(18)10-13/h3-12H,1-2H3,(H2,21,24)(H,22,26). The number of pyridine rings is 1. The van der Waals surface area contributed by atoms with Crippen molar-refractivity contribution in [3.05, 3.63) is 64.5 Å². The van der Waals surface area contributed by atoms with Gasteiger partial charge in [-0.15, -0.1) is 16.4 Å². The minimum atomic E-state index is -0.106. The first kappa shape index (κ1) is 17.2. The zero-order chi connectivity index (χ0) is 19.0. The molecule has 0 saturated heterocycles. The molecular weight excluding hydrogens is 358 g/mol. The Morgan fingerprint density at radius 2 is 2.00 bits per heavy atom. The molecule has 1 amide bonds. The first-order chi connectivity index (χ1) is 13.0. The maximum Gasteiger partial charge on any atom is 0.265 e. The van der Waals surface area contributed by atoms with Gasteiger partial charge in [-0.3, -0.25) is 4.79 Å². The summed E-state index contributed by atoms with van der Waals surface area (Å²) in [4.78, 5) is 17.5. The smallest absolute Gasteiger partial charge is 0.265 e. The predicted molar refractivity (Wildman–Crippen MR) is 109 cm³/mol. The summed E-state index contributed by atoms with van der Waals surface area (Å²) in [5.41, 5.74) is 10.2. The second-order valence-electron chi connectivity index (χ2n) is 6.59. The Bertz CT molecular complexity index is 1130. The summed E-state index contributed by atoms with van der Waals surface area (Å²) < 4.78 is 1.64. The number of benzene rings is 1. The monoisotopic (exact) mass is 377 g/mol. The van der Waals surface area contributed by atoms with Crippen LogP contribution >= 0.6 is 11.3 Å². The van der Waals surface area contributed by atoms with E-state index < -0.39 is 0 Å². The highest BCUT2D eigenvalue weighted by molar-refractivity contribution is 7.12. The minimum absolute atomic E-state index is 0.106. The lowest BCUT2D eigenvalue weighted by Crippen LogP contribution is -2.12. The van der Waals surface area contributed by atoms with E-state index in [2.05, 4.69) is 29.2 Å². The van der Waals surface area contributed by atoms with Crippen molar-refractivity contribution in [3.8, 4) is 11.1 Å². The molecular formula is C20H19N5OS. The van der Waals surface area contributed by atoms with Crippen LogP contribution in [0, 0.1) is 0 Å². The average Bonchev–Trinajstić information content (AvgIpc) is 3.27. The van der Waals surface area contributed by atoms with Crippen molar-refractivity contribution >= 4 is 34.5 Å². The molecule has 0 aliphatic rings. The van der Waals surface area contributed by atoms with Crippen LogP contribution in [0.4, 0.5) is 11.6 Å². The highest BCUT2D eigenvalue weighted by atomic mass is 32.1. The van der Waals surface area contributed by atoms with Crippen LogP contribution in [0.2, 0.25) is 0 Å². The molecule has 0 radical (unpaired) electrons. The van der Waals surface area contributed by atoms with E-state index in [1.54, 1.807) is 4.52 Å². The van der Waals surface area contributed by atoms with Gasteiger partial charge in [0.05, 0.1) is 4.88 Å². The number of carbonyl (C=O) groups excluding carboxylic acids is 1. The Labute approximate surface area is 160 Å². The molecule has 0 unspecified atom stereocenters. The third-order valence-corrected chi connectivity index (χ3v) is 5.26. The summed E-state index contributed by atoms with van der Waals surface area (Å²) >= 11 is 1.41. The molecule has 3 N–H and O–H groups in total. The van der Waals surface area contributed by atoms with E-state index in [4.69, 9.17) is 5.73 Å². The summed E-state index contributed by atoms with van der Waals surface area (Å²) in [5.74, 6) is 0.467. The fraction of sp³-hybridized carbons (Fsp3) is 0.150. The lowest BCUT2D eigenvalue weighted by molar-refractivity contribution is 0.103. The summed E-state index contributed by atoms with van der Waals surface area (Å²) in [7, 11) is 0. The Hall–Kier alpha value is -3.19. The van der Waals surface area contributed by atoms with Crippen LogP contribution in [-0.2, 0) is 0 Å². The van der Waals surface area contributed by atoms with Crippen molar-refractivity contribution in [3.63, 3.8) is 0 Å². The summed E-state index contributed by atoms with van der Waals surface area (Å²) in [6.07, 6.45) is 1.86. The van der Waals surface area contributed by atoms with E-state index in [1.165, 1.54) is 11.3 Å². The number of aromatic nitrogens is 3. The van der Waals surface area contributed by atoms with Gasteiger partial charge in [-0.1, -0.05) is 32.0 Å². The van der Waals surface area contributed by atoms with Crippen molar-refractivity contribution in [2.45, 2.75) is 19.8 Å². The van der Waals surface area contributed by atoms with Crippen molar-refractivity contribution < 1.29 is 4.79 Å². The maximum absolute atomic E-state index is 12.7. The average molecular weight is 377 g/mol. The molecule has 0 fully saturated rings. The quantitative estimate of drug-likeness (QED) is 0.551. The lowest BCUT2D eigenvalue weighted by atomic mass is 10.0. The van der Waals surface area contributed by atoms with Gasteiger partial charge in [0, 0.05) is 17.4 Å². The molecule has 0 aliphatic carbocycles. The molecule has 3 aromatic heterocycles. The van der Waals surface area contributed by atoms with Gasteiger partial charge in [0.1, 0.15) is 0 Å². The molecule has 0 saturated carbocycles. The van der Waals surface area contributed by atoms with Crippen LogP contribution < -0.4 is 11.1 Å². The van der Waals surface area contributed by atoms with E-state index in [9.17, 15) is 4.79 Å². The first-order valence-corrected chi connectivity index (χ1v) is 9.50. The number of para-hydroxylation sites is 1. The van der Waals surface area contributed by atoms with Crippen molar-refractivity contribution in [2.75, 3.05) is 11.1 Å². The molecule has 0 atom stereocenters. The van der Waals surface area contributed by atoms with Crippen LogP contribution in [0.5, 0.6) is 0 Å². The Balaban J connectivity index is 1.59. The number of rotatable bonds is 4. The number of nitrogen functional groups attached to an aromatic ring is 1. The third-order valence-electron chi connectivity index (χ3n) is 4.33. The predicted octanol–water partition coefficient (Wildman–Crippen LogP) is 4.42. The van der Waals surface area contributed by atoms with Crippen LogP contribution in [0.1, 0.15) is 35.0 Å². The summed E-state index contributed by atoms with van der Waals surface area (Å²) in [5, 5.41) is 9.13. The van der Waals surface area contributed by atoms with E-state index in [0.29, 0.717) is 16.4 Å². The molecule has 4 rings (SSSR count). The fourth-order valence-electron chi connectivity index (χ4n) is 2.98. The third kappa shape index (κ3) is 3.41. The molecule has 0 spiro atoms. The number of nitrogens with zero attached hydrogens (tertiary/aromatic N) is 3. The van der Waals surface area contributed by atoms with Gasteiger partial charge in [-0.25, -0.2) is 4.52 Å². The number of carbonyl (C=O) groups is 1. The number of nitrogens with two attached hydrogens (primary N) is 1. The van der Waals surface area contributed by atoms with Crippen molar-refractivity contribution in [1.82, 2.24) is 14.6 Å². The number of fused-ring (bicyclic) bond motifs is 1. The number of anilines is 2. The largest absolute Gasteiger partial charge is 0.366 e. The molecule has 6 nitrogen and oxygen atoms in total. The number of amides is 1. The highest BCUT2D eigenvalue weighted by Gasteiger charge is 2.14. The fourth-order valence-corrected chi connectivity index (χ4v) is 3.79. The topological polar surface area (TPSA) is 85.3 Å². The van der Waals surface area contributed by atoms with Gasteiger partial charge in [0.25, 0.3) is 5.91 Å². The van der Waals surface area contributed by atoms with Crippen LogP contribution in [0.25, 0.3) is 16.8 Å². The molecule has 0 aliphatic heterocycles. The van der Waals surface area contributed by atoms with E-state index in [0.717, 1.165) is 22.4 Å². The number of nitrogens with one attached hydrogen (secondary N) is 1. The van der Waals surface area contributed by atoms with Crippen molar-refractivity contribution in [2.24, 2.45) is 0 Å². The van der Waals surface area contributed by atoms with Gasteiger partial charge in [0.2, 0.25) is 5.95 Å². The van der Waals surface area contributed by atoms with Crippen molar-refractivity contribution in [1.29, 1.82) is 0 Å². The number of hydrogen-bond acceptors (Lipinski definition) is 5. The van der Waals surface area contributed by atoms with Gasteiger partial charge in [-0.05, 0) is 46.7 Å². The molecule has 136 valence electrons. The van der Waals surface area contributed by atoms with Gasteiger partial charge in [-0.2, -0.15) is 4.98 Å². The second kappa shape index (κ2) is 6.85. The molecule has 0 bridgehead atoms. The Morgan fingerprint density at radius 1 is 1.19 bits per heavy atom. The Morgan fingerprint density at radius 3 is 2.81 bits per heavy atom. The summed E-state index contributed by atoms with van der Waals surface area (Å²) in [6.45, 7) is 4.22. The van der Waals surface area contributed by atoms with Crippen LogP contribution in [-0.4, -0.2) is 20.5 Å². The SMILES string of the molecule is CC(C)c1ccccc1NC(=O)c1cc(-c2ccc3nc(N)nn3c2)cs1. The van der Waals surface area contributed by atoms with Gasteiger partial charge < -0.3 is 11.1 Å². The van der Waals surface area contributed by atoms with Crippen LogP contribution in [0.15, 0.2) is 54.0 Å². The Kier molecular flexibility index (Phi) is 4.37. The van der Waals surface area contributed by atoms with Crippen LogP contribution in [0.3, 0.4) is 0 Å². The molecule has 4 aromatic rings. The first-order valence-electron chi connectivity index (χ1n) is 8.62. The maximum atomic E-state index is 12.7. The minimum Gasteiger partial charge on any atom is -0.366 e. The van der Waals surface area contributed by atoms with E-state index in [1.807, 2.05) is 54.0 Å². The molecule has 3 heterocycles. The van der Waals surface area contributed by atoms with Gasteiger partial charge in [0.15, 0.2) is 5.65 Å². The number of hydrogen-bond donors (Lipinski definition) is 2. The van der Waals surface area contributed by atoms with E-state index in [-0.39, 0.29) is 11.9 Å². The molecule has 7 heteroatoms. The van der Waals surface area contributed by atoms with Gasteiger partial charge >= 0.3 is 0 Å². The lowest BCUT2D eigenvalue weighted by Gasteiger charge is -2.13. The summed E-state index contributed by atoms with van der Waals surface area (Å²) in [6, 6.07) is 13.6. The zero-order valence-corrected chi connectivity index (χ0v) is 15.8. The number of thiophene rings is 1. The molecule has 1 aromatic carbocycles. The molecule has 27 heavy (non-hydrogen) atoms. The highest BCUT2D eigenvalue weighted by Crippen LogP contribution is 2.28. The van der Waals surface area contributed by atoms with E-state index >= 15 is 0 Å². The zero-order valence-electron chi connectivity index (χ0n) is 15.0. The second-order valence-corrected chi connectivity index (χ2v) is 7.50. The normalized spacial score (nSPS) is 11.2.